The van der Waals surface area contributed by atoms with Crippen LogP contribution in [0.2, 0.25) is 0 Å². The largest absolute Gasteiger partial charge is 0.0842 e. The molecule has 1 unspecified atom stereocenters. The minimum atomic E-state index is 0.460. The molecular weight excluding hydrogens is 200 g/mol. The van der Waals surface area contributed by atoms with E-state index >= 15 is 0 Å². The summed E-state index contributed by atoms with van der Waals surface area (Å²) in [6.07, 6.45) is 0. The van der Waals surface area contributed by atoms with Crippen LogP contribution in [0, 0.1) is 13.8 Å². The Morgan fingerprint density at radius 2 is 1.82 bits per heavy atom. The SMILES string of the molecule is Cc1ccc(C(C)Br)cc1C. The van der Waals surface area contributed by atoms with E-state index in [1.165, 1.54) is 16.7 Å². The van der Waals surface area contributed by atoms with Crippen molar-refractivity contribution >= 4 is 15.9 Å². The van der Waals surface area contributed by atoms with Gasteiger partial charge in [-0.05, 0) is 37.5 Å². The lowest BCUT2D eigenvalue weighted by Crippen LogP contribution is -1.86. The molecule has 0 aromatic heterocycles. The van der Waals surface area contributed by atoms with E-state index in [-0.39, 0.29) is 0 Å². The first-order valence-corrected chi connectivity index (χ1v) is 4.74. The highest BCUT2D eigenvalue weighted by molar-refractivity contribution is 9.09. The second-order valence-corrected chi connectivity index (χ2v) is 4.33. The van der Waals surface area contributed by atoms with Gasteiger partial charge in [0.15, 0.2) is 0 Å². The Morgan fingerprint density at radius 1 is 1.18 bits per heavy atom. The van der Waals surface area contributed by atoms with E-state index < -0.39 is 0 Å². The zero-order chi connectivity index (χ0) is 8.43. The fourth-order valence-electron chi connectivity index (χ4n) is 1.01. The van der Waals surface area contributed by atoms with E-state index in [9.17, 15) is 0 Å². The summed E-state index contributed by atoms with van der Waals surface area (Å²) in [5.41, 5.74) is 4.09. The monoisotopic (exact) mass is 212 g/mol. The molecule has 0 radical (unpaired) electrons. The van der Waals surface area contributed by atoms with Gasteiger partial charge in [-0.1, -0.05) is 34.1 Å². The molecule has 0 bridgehead atoms. The maximum atomic E-state index is 3.54. The Balaban J connectivity index is 3.05. The van der Waals surface area contributed by atoms with E-state index in [0.717, 1.165) is 0 Å². The topological polar surface area (TPSA) is 0 Å². The summed E-state index contributed by atoms with van der Waals surface area (Å²) in [4.78, 5) is 0.460. The zero-order valence-corrected chi connectivity index (χ0v) is 8.77. The van der Waals surface area contributed by atoms with Gasteiger partial charge in [-0.25, -0.2) is 0 Å². The van der Waals surface area contributed by atoms with Crippen molar-refractivity contribution in [3.63, 3.8) is 0 Å². The predicted molar refractivity (Wildman–Crippen MR) is 53.3 cm³/mol. The highest BCUT2D eigenvalue weighted by atomic mass is 79.9. The van der Waals surface area contributed by atoms with Gasteiger partial charge in [-0.3, -0.25) is 0 Å². The van der Waals surface area contributed by atoms with Gasteiger partial charge in [0.25, 0.3) is 0 Å². The first kappa shape index (κ1) is 8.79. The van der Waals surface area contributed by atoms with Gasteiger partial charge >= 0.3 is 0 Å². The van der Waals surface area contributed by atoms with Gasteiger partial charge in [-0.2, -0.15) is 0 Å². The maximum absolute atomic E-state index is 3.54. The Kier molecular flexibility index (Phi) is 2.72. The minimum Gasteiger partial charge on any atom is -0.0842 e. The third-order valence-corrected chi connectivity index (χ3v) is 2.52. The molecule has 0 spiro atoms. The van der Waals surface area contributed by atoms with E-state index in [1.54, 1.807) is 0 Å². The summed E-state index contributed by atoms with van der Waals surface area (Å²) in [5, 5.41) is 0. The molecule has 1 heteroatoms. The Hall–Kier alpha value is -0.300. The van der Waals surface area contributed by atoms with Crippen LogP contribution >= 0.6 is 15.9 Å². The van der Waals surface area contributed by atoms with E-state index in [2.05, 4.69) is 54.9 Å². The summed E-state index contributed by atoms with van der Waals surface area (Å²) in [5.74, 6) is 0. The number of halogens is 1. The third kappa shape index (κ3) is 2.06. The molecule has 1 rings (SSSR count). The summed E-state index contributed by atoms with van der Waals surface area (Å²) >= 11 is 3.54. The number of hydrogen-bond acceptors (Lipinski definition) is 0. The molecule has 0 aliphatic carbocycles. The molecule has 0 fully saturated rings. The van der Waals surface area contributed by atoms with E-state index in [0.29, 0.717) is 4.83 Å². The summed E-state index contributed by atoms with van der Waals surface area (Å²) in [7, 11) is 0. The summed E-state index contributed by atoms with van der Waals surface area (Å²) < 4.78 is 0. The lowest BCUT2D eigenvalue weighted by atomic mass is 10.1. The lowest BCUT2D eigenvalue weighted by molar-refractivity contribution is 1.11. The Labute approximate surface area is 76.8 Å². The number of alkyl halides is 1. The van der Waals surface area contributed by atoms with Crippen molar-refractivity contribution in [1.29, 1.82) is 0 Å². The molecule has 0 heterocycles. The lowest BCUT2D eigenvalue weighted by Gasteiger charge is -2.06. The van der Waals surface area contributed by atoms with Crippen LogP contribution in [0.5, 0.6) is 0 Å². The fraction of sp³-hybridized carbons (Fsp3) is 0.400. The van der Waals surface area contributed by atoms with Crippen molar-refractivity contribution in [3.05, 3.63) is 34.9 Å². The number of aryl methyl sites for hydroxylation is 2. The molecule has 60 valence electrons. The number of benzene rings is 1. The van der Waals surface area contributed by atoms with Gasteiger partial charge in [0.05, 0.1) is 0 Å². The van der Waals surface area contributed by atoms with Crippen LogP contribution < -0.4 is 0 Å². The molecule has 0 saturated carbocycles. The summed E-state index contributed by atoms with van der Waals surface area (Å²) in [6.45, 7) is 6.43. The molecular formula is C10H13Br. The Bertz CT molecular complexity index is 251. The van der Waals surface area contributed by atoms with Crippen molar-refractivity contribution in [2.24, 2.45) is 0 Å². The van der Waals surface area contributed by atoms with Crippen LogP contribution in [-0.4, -0.2) is 0 Å². The minimum absolute atomic E-state index is 0.460. The van der Waals surface area contributed by atoms with Crippen LogP contribution in [-0.2, 0) is 0 Å². The first-order chi connectivity index (χ1) is 5.11. The van der Waals surface area contributed by atoms with Gasteiger partial charge in [0, 0.05) is 4.83 Å². The zero-order valence-electron chi connectivity index (χ0n) is 7.19. The number of rotatable bonds is 1. The van der Waals surface area contributed by atoms with Crippen molar-refractivity contribution < 1.29 is 0 Å². The molecule has 0 amide bonds. The van der Waals surface area contributed by atoms with Crippen LogP contribution in [0.3, 0.4) is 0 Å². The standard InChI is InChI=1S/C10H13Br/c1-7-4-5-10(9(3)11)6-8(7)2/h4-6,9H,1-3H3. The molecule has 0 nitrogen and oxygen atoms in total. The van der Waals surface area contributed by atoms with Crippen molar-refractivity contribution in [2.75, 3.05) is 0 Å². The van der Waals surface area contributed by atoms with Gasteiger partial charge in [-0.15, -0.1) is 0 Å². The van der Waals surface area contributed by atoms with Crippen LogP contribution in [0.4, 0.5) is 0 Å². The van der Waals surface area contributed by atoms with E-state index in [4.69, 9.17) is 0 Å². The molecule has 1 atom stereocenters. The predicted octanol–water partition coefficient (Wildman–Crippen LogP) is 3.76. The van der Waals surface area contributed by atoms with Crippen molar-refractivity contribution in [2.45, 2.75) is 25.6 Å². The molecule has 0 aliphatic heterocycles. The summed E-state index contributed by atoms with van der Waals surface area (Å²) in [6, 6.07) is 6.57. The third-order valence-electron chi connectivity index (χ3n) is 1.99. The second-order valence-electron chi connectivity index (χ2n) is 2.96. The smallest absolute Gasteiger partial charge is 0.0367 e. The first-order valence-electron chi connectivity index (χ1n) is 3.82. The van der Waals surface area contributed by atoms with Gasteiger partial charge < -0.3 is 0 Å². The van der Waals surface area contributed by atoms with E-state index in [1.807, 2.05) is 0 Å². The fourth-order valence-corrected chi connectivity index (χ4v) is 1.30. The van der Waals surface area contributed by atoms with Crippen LogP contribution in [0.15, 0.2) is 18.2 Å². The molecule has 0 saturated heterocycles. The molecule has 11 heavy (non-hydrogen) atoms. The second kappa shape index (κ2) is 3.40. The average molecular weight is 213 g/mol. The molecule has 1 aromatic rings. The quantitative estimate of drug-likeness (QED) is 0.623. The van der Waals surface area contributed by atoms with Crippen molar-refractivity contribution in [1.82, 2.24) is 0 Å². The highest BCUT2D eigenvalue weighted by Gasteiger charge is 2.00. The normalized spacial score (nSPS) is 13.1. The van der Waals surface area contributed by atoms with Gasteiger partial charge in [0.1, 0.15) is 0 Å². The van der Waals surface area contributed by atoms with Gasteiger partial charge in [0.2, 0.25) is 0 Å². The molecule has 1 aromatic carbocycles. The number of hydrogen-bond donors (Lipinski definition) is 0. The molecule has 0 N–H and O–H groups in total. The van der Waals surface area contributed by atoms with Crippen molar-refractivity contribution in [3.8, 4) is 0 Å². The Morgan fingerprint density at radius 3 is 2.27 bits per heavy atom. The maximum Gasteiger partial charge on any atom is 0.0367 e. The molecule has 0 aliphatic rings. The van der Waals surface area contributed by atoms with Crippen LogP contribution in [0.25, 0.3) is 0 Å². The van der Waals surface area contributed by atoms with Crippen LogP contribution in [0.1, 0.15) is 28.4 Å². The highest BCUT2D eigenvalue weighted by Crippen LogP contribution is 2.23. The average Bonchev–Trinajstić information content (AvgIpc) is 1.94.